The van der Waals surface area contributed by atoms with Gasteiger partial charge in [0.25, 0.3) is 5.92 Å². The molecule has 0 aliphatic carbocycles. The predicted octanol–water partition coefficient (Wildman–Crippen LogP) is 2.63. The van der Waals surface area contributed by atoms with Crippen molar-refractivity contribution in [2.24, 2.45) is 0 Å². The first-order chi connectivity index (χ1) is 9.70. The van der Waals surface area contributed by atoms with Crippen molar-refractivity contribution >= 4 is 10.1 Å². The molecule has 1 aromatic carbocycles. The van der Waals surface area contributed by atoms with E-state index in [1.54, 1.807) is 6.92 Å². The first kappa shape index (κ1) is 15.5. The van der Waals surface area contributed by atoms with Crippen molar-refractivity contribution in [2.75, 3.05) is 0 Å². The van der Waals surface area contributed by atoms with Crippen molar-refractivity contribution in [3.8, 4) is 0 Å². The lowest BCUT2D eigenvalue weighted by atomic mass is 10.0. The van der Waals surface area contributed by atoms with Gasteiger partial charge in [0.05, 0.1) is 4.90 Å². The molecule has 0 saturated carbocycles. The van der Waals surface area contributed by atoms with Crippen LogP contribution in [0.5, 0.6) is 0 Å². The van der Waals surface area contributed by atoms with E-state index in [4.69, 9.17) is 0 Å². The Labute approximate surface area is 121 Å². The minimum atomic E-state index is -4.81. The fourth-order valence-electron chi connectivity index (χ4n) is 2.00. The first-order valence-electron chi connectivity index (χ1n) is 6.05. The van der Waals surface area contributed by atoms with Crippen LogP contribution in [-0.4, -0.2) is 18.0 Å². The lowest BCUT2D eigenvalue weighted by Gasteiger charge is -2.19. The van der Waals surface area contributed by atoms with Crippen LogP contribution in [-0.2, 0) is 22.5 Å². The molecular formula is C14H12F2NO3S-. The molecule has 0 spiro atoms. The average molecular weight is 312 g/mol. The summed E-state index contributed by atoms with van der Waals surface area (Å²) in [5.74, 6) is -3.37. The van der Waals surface area contributed by atoms with Crippen molar-refractivity contribution in [1.29, 1.82) is 0 Å². The zero-order chi connectivity index (χ0) is 15.7. The number of nitrogens with zero attached hydrogens (tertiary/aromatic N) is 1. The zero-order valence-electron chi connectivity index (χ0n) is 11.1. The van der Waals surface area contributed by atoms with Crippen LogP contribution in [0, 0.1) is 6.92 Å². The molecule has 0 aliphatic rings. The number of alkyl halides is 2. The zero-order valence-corrected chi connectivity index (χ0v) is 11.9. The minimum absolute atomic E-state index is 0.208. The topological polar surface area (TPSA) is 70.1 Å². The van der Waals surface area contributed by atoms with Crippen molar-refractivity contribution < 1.29 is 21.8 Å². The molecule has 1 aromatic heterocycles. The molecular weight excluding hydrogens is 300 g/mol. The highest BCUT2D eigenvalue weighted by Crippen LogP contribution is 2.32. The summed E-state index contributed by atoms with van der Waals surface area (Å²) < 4.78 is 61.9. The first-order valence-corrected chi connectivity index (χ1v) is 7.46. The number of aromatic nitrogens is 1. The second-order valence-electron chi connectivity index (χ2n) is 4.66. The van der Waals surface area contributed by atoms with Gasteiger partial charge < -0.3 is 4.55 Å². The molecule has 1 heterocycles. The van der Waals surface area contributed by atoms with E-state index in [2.05, 4.69) is 4.98 Å². The van der Waals surface area contributed by atoms with Crippen LogP contribution >= 0.6 is 0 Å². The summed E-state index contributed by atoms with van der Waals surface area (Å²) in [5, 5.41) is 0. The van der Waals surface area contributed by atoms with E-state index >= 15 is 0 Å². The smallest absolute Gasteiger partial charge is 0.293 e. The summed E-state index contributed by atoms with van der Waals surface area (Å²) >= 11 is 0. The fourth-order valence-corrected chi connectivity index (χ4v) is 2.69. The molecule has 4 nitrogen and oxygen atoms in total. The SMILES string of the molecule is Cc1ccc(S(=O)(=O)[O-])c(CC(F)(F)c2ccccn2)c1. The third-order valence-corrected chi connectivity index (χ3v) is 3.87. The normalized spacial score (nSPS) is 12.4. The summed E-state index contributed by atoms with van der Waals surface area (Å²) in [5.41, 5.74) is -0.0874. The van der Waals surface area contributed by atoms with Gasteiger partial charge in [0, 0.05) is 12.6 Å². The van der Waals surface area contributed by atoms with Crippen molar-refractivity contribution in [3.05, 3.63) is 59.4 Å². The molecule has 2 aromatic rings. The lowest BCUT2D eigenvalue weighted by molar-refractivity contribution is -0.00895. The average Bonchev–Trinajstić information content (AvgIpc) is 2.38. The van der Waals surface area contributed by atoms with Crippen LogP contribution in [0.1, 0.15) is 16.8 Å². The van der Waals surface area contributed by atoms with E-state index in [1.165, 1.54) is 30.5 Å². The van der Waals surface area contributed by atoms with Crippen LogP contribution in [0.3, 0.4) is 0 Å². The highest BCUT2D eigenvalue weighted by molar-refractivity contribution is 7.85. The molecule has 7 heteroatoms. The molecule has 0 unspecified atom stereocenters. The third-order valence-electron chi connectivity index (χ3n) is 2.94. The van der Waals surface area contributed by atoms with E-state index in [0.717, 1.165) is 12.1 Å². The molecule has 112 valence electrons. The van der Waals surface area contributed by atoms with E-state index in [1.807, 2.05) is 0 Å². The number of halogens is 2. The maximum Gasteiger partial charge on any atom is 0.293 e. The van der Waals surface area contributed by atoms with Gasteiger partial charge in [-0.25, -0.2) is 8.42 Å². The summed E-state index contributed by atoms with van der Waals surface area (Å²) in [6, 6.07) is 7.80. The third kappa shape index (κ3) is 3.62. The van der Waals surface area contributed by atoms with Gasteiger partial charge in [0.1, 0.15) is 15.8 Å². The summed E-state index contributed by atoms with van der Waals surface area (Å²) in [6.07, 6.45) is 0.327. The maximum absolute atomic E-state index is 14.2. The number of benzene rings is 1. The highest BCUT2D eigenvalue weighted by Gasteiger charge is 2.34. The Morgan fingerprint density at radius 2 is 1.95 bits per heavy atom. The van der Waals surface area contributed by atoms with Crippen molar-refractivity contribution in [2.45, 2.75) is 24.2 Å². The fraction of sp³-hybridized carbons (Fsp3) is 0.214. The number of hydrogen-bond donors (Lipinski definition) is 0. The standard InChI is InChI=1S/C14H13F2NO3S/c1-10-5-6-12(21(18,19)20)11(8-10)9-14(15,16)13-4-2-3-7-17-13/h2-8H,9H2,1H3,(H,18,19,20)/p-1. The Morgan fingerprint density at radius 1 is 1.24 bits per heavy atom. The van der Waals surface area contributed by atoms with Crippen LogP contribution in [0.2, 0.25) is 0 Å². The van der Waals surface area contributed by atoms with Crippen LogP contribution in [0.25, 0.3) is 0 Å². The molecule has 21 heavy (non-hydrogen) atoms. The number of pyridine rings is 1. The van der Waals surface area contributed by atoms with Gasteiger partial charge in [0.2, 0.25) is 0 Å². The number of hydrogen-bond acceptors (Lipinski definition) is 4. The van der Waals surface area contributed by atoms with Crippen LogP contribution in [0.4, 0.5) is 8.78 Å². The Balaban J connectivity index is 2.46. The molecule has 0 N–H and O–H groups in total. The Hall–Kier alpha value is -1.86. The Morgan fingerprint density at radius 3 is 2.52 bits per heavy atom. The number of rotatable bonds is 4. The Bertz CT molecular complexity index is 746. The maximum atomic E-state index is 14.2. The molecule has 0 bridgehead atoms. The molecule has 0 saturated heterocycles. The van der Waals surface area contributed by atoms with Crippen molar-refractivity contribution in [1.82, 2.24) is 4.98 Å². The largest absolute Gasteiger partial charge is 0.744 e. The van der Waals surface area contributed by atoms with Gasteiger partial charge in [-0.15, -0.1) is 0 Å². The highest BCUT2D eigenvalue weighted by atomic mass is 32.2. The summed E-state index contributed by atoms with van der Waals surface area (Å²) in [6.45, 7) is 1.63. The predicted molar refractivity (Wildman–Crippen MR) is 71.0 cm³/mol. The molecule has 2 rings (SSSR count). The second kappa shape index (κ2) is 5.50. The number of aryl methyl sites for hydroxylation is 1. The van der Waals surface area contributed by atoms with Gasteiger partial charge in [-0.3, -0.25) is 4.98 Å². The van der Waals surface area contributed by atoms with E-state index in [0.29, 0.717) is 5.56 Å². The van der Waals surface area contributed by atoms with Gasteiger partial charge >= 0.3 is 0 Å². The van der Waals surface area contributed by atoms with Gasteiger partial charge in [0.15, 0.2) is 0 Å². The second-order valence-corrected chi connectivity index (χ2v) is 6.01. The molecule has 0 aliphatic heterocycles. The molecule has 0 amide bonds. The van der Waals surface area contributed by atoms with Gasteiger partial charge in [-0.1, -0.05) is 23.8 Å². The molecule has 0 atom stereocenters. The van der Waals surface area contributed by atoms with Gasteiger partial charge in [-0.05, 0) is 30.7 Å². The minimum Gasteiger partial charge on any atom is -0.744 e. The quantitative estimate of drug-likeness (QED) is 0.814. The van der Waals surface area contributed by atoms with Crippen molar-refractivity contribution in [3.63, 3.8) is 0 Å². The lowest BCUT2D eigenvalue weighted by Crippen LogP contribution is -2.20. The van der Waals surface area contributed by atoms with Gasteiger partial charge in [-0.2, -0.15) is 8.78 Å². The Kier molecular flexibility index (Phi) is 4.06. The molecule has 0 fully saturated rings. The van der Waals surface area contributed by atoms with E-state index < -0.39 is 33.1 Å². The summed E-state index contributed by atoms with van der Waals surface area (Å²) in [4.78, 5) is 2.96. The van der Waals surface area contributed by atoms with E-state index in [9.17, 15) is 21.8 Å². The van der Waals surface area contributed by atoms with E-state index in [-0.39, 0.29) is 5.56 Å². The van der Waals surface area contributed by atoms with Crippen LogP contribution < -0.4 is 0 Å². The molecule has 0 radical (unpaired) electrons. The van der Waals surface area contributed by atoms with Crippen LogP contribution in [0.15, 0.2) is 47.5 Å². The monoisotopic (exact) mass is 312 g/mol. The summed E-state index contributed by atoms with van der Waals surface area (Å²) in [7, 11) is -4.81.